The number of carbonyl (C=O) groups is 1. The van der Waals surface area contributed by atoms with E-state index in [0.717, 1.165) is 15.6 Å². The number of nitrogens with one attached hydrogen (secondary N) is 1. The van der Waals surface area contributed by atoms with Crippen molar-refractivity contribution in [1.82, 2.24) is 5.43 Å². The average molecular weight is 348 g/mol. The van der Waals surface area contributed by atoms with Gasteiger partial charge >= 0.3 is 0 Å². The Hall–Kier alpha value is -2.31. The van der Waals surface area contributed by atoms with Crippen molar-refractivity contribution in [1.29, 1.82) is 0 Å². The van der Waals surface area contributed by atoms with Gasteiger partial charge in [-0.2, -0.15) is 0 Å². The second-order valence-corrected chi connectivity index (χ2v) is 5.10. The first kappa shape index (κ1) is 15.1. The van der Waals surface area contributed by atoms with Gasteiger partial charge in [-0.15, -0.1) is 0 Å². The van der Waals surface area contributed by atoms with Gasteiger partial charge in [-0.05, 0) is 35.4 Å². The maximum atomic E-state index is 10.6. The molecule has 21 heavy (non-hydrogen) atoms. The highest BCUT2D eigenvalue weighted by molar-refractivity contribution is 9.10. The summed E-state index contributed by atoms with van der Waals surface area (Å²) in [4.78, 5) is 10.6. The fourth-order valence-electron chi connectivity index (χ4n) is 1.70. The van der Waals surface area contributed by atoms with E-state index in [0.29, 0.717) is 12.0 Å². The molecule has 5 N–H and O–H groups in total. The first-order chi connectivity index (χ1) is 10.1. The standard InChI is InChI=1S/C15H14BrN3O2/c16-12-5-1-10(2-6-12)11-3-7-13(8-4-11)21-15(19-18)14(17)9-20/h1-9,19H,17-18H2/b15-14+. The summed E-state index contributed by atoms with van der Waals surface area (Å²) >= 11 is 3.40. The maximum Gasteiger partial charge on any atom is 0.234 e. The Balaban J connectivity index is 2.19. The Morgan fingerprint density at radius 1 is 1.05 bits per heavy atom. The van der Waals surface area contributed by atoms with E-state index in [1.807, 2.05) is 36.4 Å². The van der Waals surface area contributed by atoms with Crippen LogP contribution in [-0.4, -0.2) is 6.29 Å². The minimum Gasteiger partial charge on any atom is -0.438 e. The van der Waals surface area contributed by atoms with Crippen molar-refractivity contribution in [3.05, 3.63) is 64.6 Å². The average Bonchev–Trinajstić information content (AvgIpc) is 2.53. The molecular formula is C15H14BrN3O2. The molecule has 0 atom stereocenters. The van der Waals surface area contributed by atoms with Crippen LogP contribution in [-0.2, 0) is 4.79 Å². The van der Waals surface area contributed by atoms with Gasteiger partial charge in [0.05, 0.1) is 0 Å². The van der Waals surface area contributed by atoms with Crippen molar-refractivity contribution in [2.24, 2.45) is 11.6 Å². The lowest BCUT2D eigenvalue weighted by molar-refractivity contribution is -0.105. The van der Waals surface area contributed by atoms with Gasteiger partial charge in [-0.25, -0.2) is 5.84 Å². The zero-order chi connectivity index (χ0) is 15.2. The highest BCUT2D eigenvalue weighted by Gasteiger charge is 2.05. The van der Waals surface area contributed by atoms with Gasteiger partial charge in [0, 0.05) is 4.47 Å². The number of hydrogen-bond acceptors (Lipinski definition) is 5. The van der Waals surface area contributed by atoms with E-state index in [1.165, 1.54) is 0 Å². The minimum atomic E-state index is -0.102. The summed E-state index contributed by atoms with van der Waals surface area (Å²) in [6.45, 7) is 0. The molecule has 0 aromatic heterocycles. The molecule has 0 heterocycles. The monoisotopic (exact) mass is 347 g/mol. The molecular weight excluding hydrogens is 334 g/mol. The molecule has 5 nitrogen and oxygen atoms in total. The molecule has 0 aliphatic heterocycles. The van der Waals surface area contributed by atoms with Crippen LogP contribution >= 0.6 is 15.9 Å². The van der Waals surface area contributed by atoms with Crippen LogP contribution in [0.2, 0.25) is 0 Å². The maximum absolute atomic E-state index is 10.6. The number of hydrogen-bond donors (Lipinski definition) is 3. The summed E-state index contributed by atoms with van der Waals surface area (Å²) in [6.07, 6.45) is 0.464. The minimum absolute atomic E-state index is 0.0152. The number of rotatable bonds is 5. The number of carbonyl (C=O) groups excluding carboxylic acids is 1. The quantitative estimate of drug-likeness (QED) is 0.254. The molecule has 0 saturated heterocycles. The van der Waals surface area contributed by atoms with Crippen LogP contribution < -0.4 is 21.7 Å². The number of allylic oxidation sites excluding steroid dienone is 1. The smallest absolute Gasteiger partial charge is 0.234 e. The Labute approximate surface area is 130 Å². The van der Waals surface area contributed by atoms with Crippen LogP contribution in [0, 0.1) is 0 Å². The van der Waals surface area contributed by atoms with E-state index in [-0.39, 0.29) is 11.6 Å². The number of benzene rings is 2. The third-order valence-electron chi connectivity index (χ3n) is 2.77. The molecule has 0 spiro atoms. The largest absolute Gasteiger partial charge is 0.438 e. The summed E-state index contributed by atoms with van der Waals surface area (Å²) < 4.78 is 6.43. The SMILES string of the molecule is NN/C(Oc1ccc(-c2ccc(Br)cc2)cc1)=C(\N)C=O. The van der Waals surface area contributed by atoms with Crippen molar-refractivity contribution in [3.8, 4) is 16.9 Å². The molecule has 0 radical (unpaired) electrons. The van der Waals surface area contributed by atoms with Crippen LogP contribution in [0.1, 0.15) is 0 Å². The third-order valence-corrected chi connectivity index (χ3v) is 3.30. The van der Waals surface area contributed by atoms with Crippen LogP contribution in [0.25, 0.3) is 11.1 Å². The van der Waals surface area contributed by atoms with Gasteiger partial charge in [-0.1, -0.05) is 40.2 Å². The molecule has 2 aromatic carbocycles. The van der Waals surface area contributed by atoms with Crippen molar-refractivity contribution >= 4 is 22.2 Å². The lowest BCUT2D eigenvalue weighted by atomic mass is 10.1. The van der Waals surface area contributed by atoms with Gasteiger partial charge in [0.25, 0.3) is 0 Å². The molecule has 2 aromatic rings. The Kier molecular flexibility index (Phi) is 4.97. The van der Waals surface area contributed by atoms with Gasteiger partial charge in [0.2, 0.25) is 5.88 Å². The Morgan fingerprint density at radius 3 is 2.05 bits per heavy atom. The van der Waals surface area contributed by atoms with Gasteiger partial charge in [0.15, 0.2) is 6.29 Å². The van der Waals surface area contributed by atoms with E-state index in [9.17, 15) is 4.79 Å². The number of halogens is 1. The summed E-state index contributed by atoms with van der Waals surface area (Å²) in [5.74, 6) is 5.79. The molecule has 0 saturated carbocycles. The third kappa shape index (κ3) is 3.84. The number of hydrazine groups is 1. The van der Waals surface area contributed by atoms with E-state index in [4.69, 9.17) is 16.3 Å². The van der Waals surface area contributed by atoms with Gasteiger partial charge < -0.3 is 10.5 Å². The number of nitrogens with two attached hydrogens (primary N) is 2. The first-order valence-electron chi connectivity index (χ1n) is 6.09. The van der Waals surface area contributed by atoms with Crippen molar-refractivity contribution in [2.45, 2.75) is 0 Å². The molecule has 0 bridgehead atoms. The predicted octanol–water partition coefficient (Wildman–Crippen LogP) is 2.28. The van der Waals surface area contributed by atoms with Crippen LogP contribution in [0.3, 0.4) is 0 Å². The predicted molar refractivity (Wildman–Crippen MR) is 84.8 cm³/mol. The highest BCUT2D eigenvalue weighted by atomic mass is 79.9. The van der Waals surface area contributed by atoms with Crippen LogP contribution in [0.5, 0.6) is 5.75 Å². The molecule has 0 fully saturated rings. The van der Waals surface area contributed by atoms with Crippen LogP contribution in [0.15, 0.2) is 64.6 Å². The van der Waals surface area contributed by atoms with E-state index < -0.39 is 0 Å². The topological polar surface area (TPSA) is 90.4 Å². The number of ether oxygens (including phenoxy) is 1. The van der Waals surface area contributed by atoms with Crippen molar-refractivity contribution < 1.29 is 9.53 Å². The lowest BCUT2D eigenvalue weighted by Gasteiger charge is -2.10. The Morgan fingerprint density at radius 2 is 1.57 bits per heavy atom. The molecule has 2 rings (SSSR count). The van der Waals surface area contributed by atoms with Crippen molar-refractivity contribution in [2.75, 3.05) is 0 Å². The molecule has 0 amide bonds. The molecule has 6 heteroatoms. The molecule has 0 unspecified atom stereocenters. The highest BCUT2D eigenvalue weighted by Crippen LogP contribution is 2.24. The first-order valence-corrected chi connectivity index (χ1v) is 6.88. The second-order valence-electron chi connectivity index (χ2n) is 4.18. The fourth-order valence-corrected chi connectivity index (χ4v) is 1.97. The summed E-state index contributed by atoms with van der Waals surface area (Å²) in [7, 11) is 0. The summed E-state index contributed by atoms with van der Waals surface area (Å²) in [5, 5.41) is 0. The summed E-state index contributed by atoms with van der Waals surface area (Å²) in [5.41, 5.74) is 9.73. The number of aldehydes is 1. The van der Waals surface area contributed by atoms with Crippen molar-refractivity contribution in [3.63, 3.8) is 0 Å². The molecule has 0 aliphatic carbocycles. The Bertz CT molecular complexity index is 652. The van der Waals surface area contributed by atoms with E-state index >= 15 is 0 Å². The van der Waals surface area contributed by atoms with Gasteiger partial charge in [0.1, 0.15) is 11.4 Å². The normalized spacial score (nSPS) is 11.5. The zero-order valence-corrected chi connectivity index (χ0v) is 12.6. The second kappa shape index (κ2) is 6.92. The van der Waals surface area contributed by atoms with E-state index in [2.05, 4.69) is 21.4 Å². The fraction of sp³-hybridized carbons (Fsp3) is 0. The summed E-state index contributed by atoms with van der Waals surface area (Å²) in [6, 6.07) is 15.3. The molecule has 0 aliphatic rings. The zero-order valence-electron chi connectivity index (χ0n) is 11.0. The van der Waals surface area contributed by atoms with E-state index in [1.54, 1.807) is 12.1 Å². The molecule has 108 valence electrons. The van der Waals surface area contributed by atoms with Gasteiger partial charge in [-0.3, -0.25) is 10.2 Å². The lowest BCUT2D eigenvalue weighted by Crippen LogP contribution is -2.28. The van der Waals surface area contributed by atoms with Crippen LogP contribution in [0.4, 0.5) is 0 Å².